The van der Waals surface area contributed by atoms with E-state index in [4.69, 9.17) is 4.74 Å². The van der Waals surface area contributed by atoms with Gasteiger partial charge in [-0.05, 0) is 16.7 Å². The molecule has 0 aliphatic carbocycles. The van der Waals surface area contributed by atoms with Gasteiger partial charge in [-0.1, -0.05) is 54.6 Å². The van der Waals surface area contributed by atoms with Gasteiger partial charge in [-0.3, -0.25) is 9.59 Å². The molecular weight excluding hydrogens is 368 g/mol. The van der Waals surface area contributed by atoms with Gasteiger partial charge in [0.2, 0.25) is 11.8 Å². The number of amides is 2. The Morgan fingerprint density at radius 2 is 1.83 bits per heavy atom. The molecule has 2 aromatic carbocycles. The SMILES string of the molecule is O=C(Cc1ccc(CO)cc1)N1CC[C@@]23OC[C@@H](c4ccccc4)N2C(=O)C[C@@H]13. The van der Waals surface area contributed by atoms with Crippen LogP contribution in [0.4, 0.5) is 0 Å². The number of nitrogens with zero attached hydrogens (tertiary/aromatic N) is 2. The van der Waals surface area contributed by atoms with Crippen LogP contribution in [0.2, 0.25) is 0 Å². The number of aliphatic hydroxyl groups excluding tert-OH is 1. The molecule has 6 nitrogen and oxygen atoms in total. The summed E-state index contributed by atoms with van der Waals surface area (Å²) in [4.78, 5) is 29.7. The maximum absolute atomic E-state index is 13.0. The molecule has 1 spiro atoms. The highest BCUT2D eigenvalue weighted by Gasteiger charge is 2.65. The van der Waals surface area contributed by atoms with Crippen molar-refractivity contribution in [1.29, 1.82) is 0 Å². The van der Waals surface area contributed by atoms with Crippen LogP contribution in [-0.4, -0.2) is 51.6 Å². The number of benzene rings is 2. The summed E-state index contributed by atoms with van der Waals surface area (Å²) >= 11 is 0. The molecule has 150 valence electrons. The first-order valence-corrected chi connectivity index (χ1v) is 10.1. The number of hydrogen-bond acceptors (Lipinski definition) is 4. The summed E-state index contributed by atoms with van der Waals surface area (Å²) in [6.45, 7) is 1.06. The van der Waals surface area contributed by atoms with E-state index in [1.54, 1.807) is 0 Å². The van der Waals surface area contributed by atoms with Crippen molar-refractivity contribution >= 4 is 11.8 Å². The fraction of sp³-hybridized carbons (Fsp3) is 0.391. The molecule has 3 aliphatic heterocycles. The van der Waals surface area contributed by atoms with Crippen LogP contribution in [0.1, 0.15) is 35.6 Å². The van der Waals surface area contributed by atoms with Crippen molar-refractivity contribution in [2.24, 2.45) is 0 Å². The summed E-state index contributed by atoms with van der Waals surface area (Å²) in [5.41, 5.74) is 2.12. The molecule has 3 fully saturated rings. The summed E-state index contributed by atoms with van der Waals surface area (Å²) in [5.74, 6) is 0.0798. The van der Waals surface area contributed by atoms with Crippen molar-refractivity contribution in [3.8, 4) is 0 Å². The highest BCUT2D eigenvalue weighted by atomic mass is 16.5. The molecule has 5 rings (SSSR count). The Bertz CT molecular complexity index is 930. The summed E-state index contributed by atoms with van der Waals surface area (Å²) in [6, 6.07) is 17.1. The average Bonchev–Trinajstić information content (AvgIpc) is 3.38. The lowest BCUT2D eigenvalue weighted by atomic mass is 10.0. The zero-order chi connectivity index (χ0) is 20.0. The van der Waals surface area contributed by atoms with Crippen molar-refractivity contribution in [2.75, 3.05) is 13.2 Å². The second kappa shape index (κ2) is 6.97. The van der Waals surface area contributed by atoms with Gasteiger partial charge in [-0.15, -0.1) is 0 Å². The zero-order valence-corrected chi connectivity index (χ0v) is 16.2. The highest BCUT2D eigenvalue weighted by molar-refractivity contribution is 5.86. The first-order chi connectivity index (χ1) is 14.1. The van der Waals surface area contributed by atoms with E-state index in [0.29, 0.717) is 26.0 Å². The van der Waals surface area contributed by atoms with Gasteiger partial charge in [0, 0.05) is 13.0 Å². The Balaban J connectivity index is 1.36. The maximum atomic E-state index is 13.0. The molecule has 2 aromatic rings. The topological polar surface area (TPSA) is 70.1 Å². The van der Waals surface area contributed by atoms with Crippen LogP contribution in [0.3, 0.4) is 0 Å². The molecule has 0 saturated carbocycles. The quantitative estimate of drug-likeness (QED) is 0.864. The van der Waals surface area contributed by atoms with Crippen LogP contribution in [-0.2, 0) is 27.4 Å². The summed E-state index contributed by atoms with van der Waals surface area (Å²) in [5, 5.41) is 9.18. The van der Waals surface area contributed by atoms with Gasteiger partial charge < -0.3 is 19.6 Å². The van der Waals surface area contributed by atoms with Crippen molar-refractivity contribution in [3.63, 3.8) is 0 Å². The Morgan fingerprint density at radius 3 is 2.55 bits per heavy atom. The highest BCUT2D eigenvalue weighted by Crippen LogP contribution is 2.51. The van der Waals surface area contributed by atoms with Gasteiger partial charge in [0.15, 0.2) is 5.72 Å². The number of hydrogen-bond donors (Lipinski definition) is 1. The standard InChI is InChI=1S/C23H24N2O4/c26-14-17-8-6-16(7-9-17)12-21(27)24-11-10-23-20(24)13-22(28)25(23)19(15-29-23)18-4-2-1-3-5-18/h1-9,19-20,26H,10-15H2/t19-,20+,23-/m0/s1. The molecule has 3 saturated heterocycles. The molecule has 1 N–H and O–H groups in total. The average molecular weight is 392 g/mol. The van der Waals surface area contributed by atoms with Crippen LogP contribution in [0.25, 0.3) is 0 Å². The van der Waals surface area contributed by atoms with Crippen LogP contribution >= 0.6 is 0 Å². The lowest BCUT2D eigenvalue weighted by Gasteiger charge is -2.33. The minimum atomic E-state index is -0.687. The third kappa shape index (κ3) is 2.86. The van der Waals surface area contributed by atoms with Gasteiger partial charge in [0.05, 0.1) is 38.1 Å². The molecule has 29 heavy (non-hydrogen) atoms. The van der Waals surface area contributed by atoms with Gasteiger partial charge in [0.25, 0.3) is 0 Å². The number of aliphatic hydroxyl groups is 1. The van der Waals surface area contributed by atoms with Crippen LogP contribution in [0.15, 0.2) is 54.6 Å². The van der Waals surface area contributed by atoms with Crippen LogP contribution in [0, 0.1) is 0 Å². The summed E-state index contributed by atoms with van der Waals surface area (Å²) in [6.07, 6.45) is 1.26. The van der Waals surface area contributed by atoms with Crippen molar-refractivity contribution in [3.05, 3.63) is 71.3 Å². The molecule has 3 aliphatic rings. The Hall–Kier alpha value is -2.70. The second-order valence-electron chi connectivity index (χ2n) is 8.05. The third-order valence-electron chi connectivity index (χ3n) is 6.52. The normalized spacial score (nSPS) is 28.0. The van der Waals surface area contributed by atoms with E-state index in [0.717, 1.165) is 16.7 Å². The number of ether oxygens (including phenoxy) is 1. The second-order valence-corrected chi connectivity index (χ2v) is 8.05. The van der Waals surface area contributed by atoms with Crippen molar-refractivity contribution in [2.45, 2.75) is 43.7 Å². The fourth-order valence-electron chi connectivity index (χ4n) is 5.10. The third-order valence-corrected chi connectivity index (χ3v) is 6.52. The van der Waals surface area contributed by atoms with E-state index < -0.39 is 5.72 Å². The minimum absolute atomic E-state index is 0.0111. The maximum Gasteiger partial charge on any atom is 0.227 e. The van der Waals surface area contributed by atoms with E-state index >= 15 is 0 Å². The monoisotopic (exact) mass is 392 g/mol. The van der Waals surface area contributed by atoms with E-state index in [1.807, 2.05) is 64.4 Å². The molecular formula is C23H24N2O4. The molecule has 0 bridgehead atoms. The minimum Gasteiger partial charge on any atom is -0.392 e. The molecule has 0 radical (unpaired) electrons. The van der Waals surface area contributed by atoms with E-state index in [1.165, 1.54) is 0 Å². The largest absolute Gasteiger partial charge is 0.392 e. The lowest BCUT2D eigenvalue weighted by molar-refractivity contribution is -0.141. The Labute approximate surface area is 169 Å². The Kier molecular flexibility index (Phi) is 4.41. The molecule has 0 aromatic heterocycles. The van der Waals surface area contributed by atoms with Gasteiger partial charge >= 0.3 is 0 Å². The number of carbonyl (C=O) groups excluding carboxylic acids is 2. The first-order valence-electron chi connectivity index (χ1n) is 10.1. The Morgan fingerprint density at radius 1 is 1.10 bits per heavy atom. The predicted molar refractivity (Wildman–Crippen MR) is 106 cm³/mol. The number of carbonyl (C=O) groups is 2. The number of rotatable bonds is 4. The van der Waals surface area contributed by atoms with E-state index in [-0.39, 0.29) is 36.9 Å². The van der Waals surface area contributed by atoms with Gasteiger partial charge in [-0.2, -0.15) is 0 Å². The first kappa shape index (κ1) is 18.3. The molecule has 3 heterocycles. The van der Waals surface area contributed by atoms with E-state index in [9.17, 15) is 14.7 Å². The molecule has 2 amide bonds. The van der Waals surface area contributed by atoms with Crippen molar-refractivity contribution < 1.29 is 19.4 Å². The van der Waals surface area contributed by atoms with Crippen molar-refractivity contribution in [1.82, 2.24) is 9.80 Å². The molecule has 0 unspecified atom stereocenters. The van der Waals surface area contributed by atoms with Gasteiger partial charge in [0.1, 0.15) is 0 Å². The fourth-order valence-corrected chi connectivity index (χ4v) is 5.10. The van der Waals surface area contributed by atoms with E-state index in [2.05, 4.69) is 0 Å². The zero-order valence-electron chi connectivity index (χ0n) is 16.2. The summed E-state index contributed by atoms with van der Waals surface area (Å²) < 4.78 is 6.27. The smallest absolute Gasteiger partial charge is 0.227 e. The van der Waals surface area contributed by atoms with Crippen LogP contribution in [0.5, 0.6) is 0 Å². The molecule has 3 atom stereocenters. The van der Waals surface area contributed by atoms with Crippen LogP contribution < -0.4 is 0 Å². The lowest BCUT2D eigenvalue weighted by Crippen LogP contribution is -2.49. The van der Waals surface area contributed by atoms with Gasteiger partial charge in [-0.25, -0.2) is 0 Å². The summed E-state index contributed by atoms with van der Waals surface area (Å²) in [7, 11) is 0. The number of likely N-dealkylation sites (tertiary alicyclic amines) is 1. The molecule has 6 heteroatoms. The predicted octanol–water partition coefficient (Wildman–Crippen LogP) is 2.02.